The second kappa shape index (κ2) is 9.08. The van der Waals surface area contributed by atoms with Crippen LogP contribution in [0, 0.1) is 0 Å². The molecule has 1 aliphatic heterocycles. The third-order valence-corrected chi connectivity index (χ3v) is 5.82. The van der Waals surface area contributed by atoms with Crippen molar-refractivity contribution in [2.45, 2.75) is 12.8 Å². The summed E-state index contributed by atoms with van der Waals surface area (Å²) in [5.74, 6) is 1.76. The van der Waals surface area contributed by atoms with Crippen LogP contribution in [0.3, 0.4) is 0 Å². The summed E-state index contributed by atoms with van der Waals surface area (Å²) in [4.78, 5) is 8.06. The van der Waals surface area contributed by atoms with Crippen molar-refractivity contribution in [2.75, 3.05) is 38.7 Å². The van der Waals surface area contributed by atoms with Crippen LogP contribution in [0.1, 0.15) is 12.8 Å². The Morgan fingerprint density at radius 1 is 1.00 bits per heavy atom. The van der Waals surface area contributed by atoms with Crippen molar-refractivity contribution in [2.24, 2.45) is 0 Å². The average molecular weight is 396 g/mol. The van der Waals surface area contributed by atoms with E-state index in [0.29, 0.717) is 0 Å². The molecule has 0 radical (unpaired) electrons. The molecular weight excluding hydrogens is 370 g/mol. The van der Waals surface area contributed by atoms with Crippen LogP contribution in [0.4, 0.5) is 10.8 Å². The summed E-state index contributed by atoms with van der Waals surface area (Å²) in [5, 5.41) is 4.23. The minimum absolute atomic E-state index is 0.741. The molecule has 146 valence electrons. The molecule has 0 amide bonds. The first kappa shape index (κ1) is 18.8. The van der Waals surface area contributed by atoms with Crippen molar-refractivity contribution >= 4 is 22.2 Å². The van der Waals surface area contributed by atoms with Gasteiger partial charge in [0.25, 0.3) is 0 Å². The number of likely N-dealkylation sites (tertiary alicyclic amines) is 1. The molecule has 1 aromatic heterocycles. The Bertz CT molecular complexity index is 872. The lowest BCUT2D eigenvalue weighted by molar-refractivity contribution is 0.238. The fourth-order valence-electron chi connectivity index (χ4n) is 3.28. The summed E-state index contributed by atoms with van der Waals surface area (Å²) >= 11 is 1.63. The molecule has 4 rings (SSSR count). The molecule has 1 N–H and O–H groups in total. The number of benzene rings is 2. The van der Waals surface area contributed by atoms with Crippen LogP contribution in [0.5, 0.6) is 11.5 Å². The van der Waals surface area contributed by atoms with Crippen molar-refractivity contribution in [3.05, 3.63) is 54.7 Å². The van der Waals surface area contributed by atoms with Gasteiger partial charge in [0.15, 0.2) is 5.13 Å². The number of rotatable bonds is 8. The molecule has 6 heteroatoms. The summed E-state index contributed by atoms with van der Waals surface area (Å²) in [5.41, 5.74) is 2.13. The van der Waals surface area contributed by atoms with Gasteiger partial charge < -0.3 is 14.8 Å². The summed E-state index contributed by atoms with van der Waals surface area (Å²) in [6, 6.07) is 16.1. The lowest BCUT2D eigenvalue weighted by atomic mass is 10.2. The monoisotopic (exact) mass is 395 g/mol. The van der Waals surface area contributed by atoms with Gasteiger partial charge in [0.05, 0.1) is 12.0 Å². The molecule has 1 saturated heterocycles. The van der Waals surface area contributed by atoms with E-state index in [0.717, 1.165) is 45.9 Å². The maximum atomic E-state index is 5.86. The number of methoxy groups -OCH3 is 1. The summed E-state index contributed by atoms with van der Waals surface area (Å²) in [6.45, 7) is 4.16. The van der Waals surface area contributed by atoms with Gasteiger partial charge in [0, 0.05) is 18.4 Å². The van der Waals surface area contributed by atoms with Gasteiger partial charge in [-0.3, -0.25) is 4.90 Å². The fourth-order valence-corrected chi connectivity index (χ4v) is 4.12. The highest BCUT2D eigenvalue weighted by Gasteiger charge is 2.11. The van der Waals surface area contributed by atoms with Crippen molar-refractivity contribution in [3.63, 3.8) is 0 Å². The van der Waals surface area contributed by atoms with Crippen LogP contribution in [-0.4, -0.2) is 43.2 Å². The number of hydrogen-bond acceptors (Lipinski definition) is 6. The van der Waals surface area contributed by atoms with E-state index in [1.54, 1.807) is 18.4 Å². The number of anilines is 2. The van der Waals surface area contributed by atoms with Crippen LogP contribution in [0.2, 0.25) is 0 Å². The molecule has 0 bridgehead atoms. The molecule has 0 spiro atoms. The van der Waals surface area contributed by atoms with Gasteiger partial charge in [-0.15, -0.1) is 0 Å². The molecule has 5 nitrogen and oxygen atoms in total. The number of aromatic nitrogens is 1. The largest absolute Gasteiger partial charge is 0.497 e. The molecule has 28 heavy (non-hydrogen) atoms. The van der Waals surface area contributed by atoms with Crippen LogP contribution in [0.25, 0.3) is 10.4 Å². The SMILES string of the molecule is COc1ccc(-c2cnc(Nc3ccc(OCCN4CCCC4)cc3)s2)cc1. The van der Waals surface area contributed by atoms with Gasteiger partial charge in [-0.05, 0) is 80.0 Å². The maximum absolute atomic E-state index is 5.86. The Kier molecular flexibility index (Phi) is 6.09. The second-order valence-corrected chi connectivity index (χ2v) is 7.84. The topological polar surface area (TPSA) is 46.6 Å². The minimum Gasteiger partial charge on any atom is -0.497 e. The molecule has 0 aliphatic carbocycles. The van der Waals surface area contributed by atoms with Crippen molar-refractivity contribution in [3.8, 4) is 21.9 Å². The zero-order valence-electron chi connectivity index (χ0n) is 16.1. The van der Waals surface area contributed by atoms with Crippen molar-refractivity contribution in [1.82, 2.24) is 9.88 Å². The van der Waals surface area contributed by atoms with Crippen LogP contribution in [-0.2, 0) is 0 Å². The predicted octanol–water partition coefficient (Wildman–Crippen LogP) is 5.04. The summed E-state index contributed by atoms with van der Waals surface area (Å²) < 4.78 is 11.1. The Morgan fingerprint density at radius 2 is 1.71 bits per heavy atom. The highest BCUT2D eigenvalue weighted by Crippen LogP contribution is 2.31. The van der Waals surface area contributed by atoms with E-state index in [2.05, 4.69) is 15.2 Å². The number of thiazole rings is 1. The average Bonchev–Trinajstić information content (AvgIpc) is 3.42. The first-order valence-corrected chi connectivity index (χ1v) is 10.4. The number of hydrogen-bond donors (Lipinski definition) is 1. The number of nitrogens with zero attached hydrogens (tertiary/aromatic N) is 2. The lowest BCUT2D eigenvalue weighted by Gasteiger charge is -2.15. The molecule has 0 unspecified atom stereocenters. The quantitative estimate of drug-likeness (QED) is 0.579. The summed E-state index contributed by atoms with van der Waals surface area (Å²) in [6.07, 6.45) is 4.53. The van der Waals surface area contributed by atoms with E-state index in [1.165, 1.54) is 25.9 Å². The fraction of sp³-hybridized carbons (Fsp3) is 0.318. The van der Waals surface area contributed by atoms with Gasteiger partial charge in [0.1, 0.15) is 18.1 Å². The molecule has 1 fully saturated rings. The lowest BCUT2D eigenvalue weighted by Crippen LogP contribution is -2.25. The van der Waals surface area contributed by atoms with E-state index >= 15 is 0 Å². The van der Waals surface area contributed by atoms with E-state index in [-0.39, 0.29) is 0 Å². The second-order valence-electron chi connectivity index (χ2n) is 6.80. The zero-order chi connectivity index (χ0) is 19.2. The third kappa shape index (κ3) is 4.82. The van der Waals surface area contributed by atoms with Gasteiger partial charge in [-0.1, -0.05) is 11.3 Å². The van der Waals surface area contributed by atoms with E-state index in [4.69, 9.17) is 9.47 Å². The van der Waals surface area contributed by atoms with Gasteiger partial charge in [-0.2, -0.15) is 0 Å². The van der Waals surface area contributed by atoms with E-state index in [1.807, 2.05) is 54.7 Å². The third-order valence-electron chi connectivity index (χ3n) is 4.86. The molecule has 2 heterocycles. The van der Waals surface area contributed by atoms with Gasteiger partial charge in [-0.25, -0.2) is 4.98 Å². The first-order chi connectivity index (χ1) is 13.8. The molecular formula is C22H25N3O2S. The Balaban J connectivity index is 1.30. The van der Waals surface area contributed by atoms with Crippen LogP contribution < -0.4 is 14.8 Å². The highest BCUT2D eigenvalue weighted by molar-refractivity contribution is 7.18. The molecule has 0 atom stereocenters. The Morgan fingerprint density at radius 3 is 2.43 bits per heavy atom. The molecule has 3 aromatic rings. The smallest absolute Gasteiger partial charge is 0.187 e. The Hall–Kier alpha value is -2.57. The Labute approximate surface area is 169 Å². The van der Waals surface area contributed by atoms with E-state index < -0.39 is 0 Å². The van der Waals surface area contributed by atoms with Gasteiger partial charge >= 0.3 is 0 Å². The number of ether oxygens (including phenoxy) is 2. The number of nitrogens with one attached hydrogen (secondary N) is 1. The molecule has 0 saturated carbocycles. The summed E-state index contributed by atoms with van der Waals surface area (Å²) in [7, 11) is 1.67. The van der Waals surface area contributed by atoms with Crippen molar-refractivity contribution in [1.29, 1.82) is 0 Å². The molecule has 1 aliphatic rings. The van der Waals surface area contributed by atoms with Gasteiger partial charge in [0.2, 0.25) is 0 Å². The van der Waals surface area contributed by atoms with E-state index in [9.17, 15) is 0 Å². The highest BCUT2D eigenvalue weighted by atomic mass is 32.1. The molecule has 2 aromatic carbocycles. The maximum Gasteiger partial charge on any atom is 0.187 e. The normalized spacial score (nSPS) is 14.2. The predicted molar refractivity (Wildman–Crippen MR) is 115 cm³/mol. The minimum atomic E-state index is 0.741. The zero-order valence-corrected chi connectivity index (χ0v) is 16.9. The first-order valence-electron chi connectivity index (χ1n) is 9.63. The van der Waals surface area contributed by atoms with Crippen LogP contribution >= 0.6 is 11.3 Å². The van der Waals surface area contributed by atoms with Crippen LogP contribution in [0.15, 0.2) is 54.7 Å². The standard InChI is InChI=1S/C22H25N3O2S/c1-26-19-8-4-17(5-9-19)21-16-23-22(28-21)24-18-6-10-20(11-7-18)27-15-14-25-12-2-3-13-25/h4-11,16H,2-3,12-15H2,1H3,(H,23,24). The van der Waals surface area contributed by atoms with Crippen molar-refractivity contribution < 1.29 is 9.47 Å².